The standard InChI is InChI=1S/C14H12ClFN4OS/c1-2-20-12-11(13(21)18-7-17-12)19-14(20)22-6-8-3-4-9(16)5-10(8)15/h3-5,7H,2,6H2,1H3,(H,17,18,21). The van der Waals surface area contributed by atoms with Gasteiger partial charge in [-0.3, -0.25) is 4.79 Å². The van der Waals surface area contributed by atoms with E-state index in [1.54, 1.807) is 6.07 Å². The number of halogens is 2. The first kappa shape index (κ1) is 15.1. The summed E-state index contributed by atoms with van der Waals surface area (Å²) in [6.07, 6.45) is 1.36. The molecular weight excluding hydrogens is 327 g/mol. The Morgan fingerprint density at radius 3 is 3.00 bits per heavy atom. The van der Waals surface area contributed by atoms with Crippen LogP contribution in [-0.2, 0) is 12.3 Å². The normalized spacial score (nSPS) is 11.2. The fraction of sp³-hybridized carbons (Fsp3) is 0.214. The molecule has 0 aliphatic carbocycles. The largest absolute Gasteiger partial charge is 0.311 e. The van der Waals surface area contributed by atoms with E-state index < -0.39 is 0 Å². The third kappa shape index (κ3) is 2.74. The Morgan fingerprint density at radius 2 is 2.27 bits per heavy atom. The lowest BCUT2D eigenvalue weighted by atomic mass is 10.2. The highest BCUT2D eigenvalue weighted by atomic mass is 35.5. The van der Waals surface area contributed by atoms with E-state index in [1.165, 1.54) is 30.2 Å². The molecule has 0 bridgehead atoms. The van der Waals surface area contributed by atoms with E-state index in [0.29, 0.717) is 33.6 Å². The van der Waals surface area contributed by atoms with Crippen LogP contribution in [0.4, 0.5) is 4.39 Å². The zero-order valence-electron chi connectivity index (χ0n) is 11.6. The molecule has 2 aromatic heterocycles. The highest BCUT2D eigenvalue weighted by Crippen LogP contribution is 2.28. The van der Waals surface area contributed by atoms with Crippen LogP contribution in [0.25, 0.3) is 11.2 Å². The van der Waals surface area contributed by atoms with Crippen LogP contribution in [0, 0.1) is 5.82 Å². The zero-order chi connectivity index (χ0) is 15.7. The average Bonchev–Trinajstić information content (AvgIpc) is 2.85. The van der Waals surface area contributed by atoms with Gasteiger partial charge in [-0.25, -0.2) is 14.4 Å². The highest BCUT2D eigenvalue weighted by molar-refractivity contribution is 7.98. The smallest absolute Gasteiger partial charge is 0.278 e. The summed E-state index contributed by atoms with van der Waals surface area (Å²) in [6.45, 7) is 2.60. The topological polar surface area (TPSA) is 63.6 Å². The van der Waals surface area contributed by atoms with Crippen molar-refractivity contribution >= 4 is 34.5 Å². The van der Waals surface area contributed by atoms with Crippen LogP contribution >= 0.6 is 23.4 Å². The van der Waals surface area contributed by atoms with Crippen LogP contribution in [0.5, 0.6) is 0 Å². The Balaban J connectivity index is 1.94. The first-order chi connectivity index (χ1) is 10.6. The van der Waals surface area contributed by atoms with Gasteiger partial charge in [-0.15, -0.1) is 0 Å². The van der Waals surface area contributed by atoms with Gasteiger partial charge in [-0.1, -0.05) is 29.4 Å². The van der Waals surface area contributed by atoms with Gasteiger partial charge in [0.1, 0.15) is 5.82 Å². The van der Waals surface area contributed by atoms with Crippen molar-refractivity contribution in [1.29, 1.82) is 0 Å². The minimum Gasteiger partial charge on any atom is -0.311 e. The van der Waals surface area contributed by atoms with E-state index >= 15 is 0 Å². The number of benzene rings is 1. The minimum absolute atomic E-state index is 0.265. The van der Waals surface area contributed by atoms with Gasteiger partial charge in [0.2, 0.25) is 0 Å². The van der Waals surface area contributed by atoms with E-state index in [2.05, 4.69) is 15.0 Å². The van der Waals surface area contributed by atoms with Crippen molar-refractivity contribution in [2.24, 2.45) is 0 Å². The number of H-pyrrole nitrogens is 1. The Kier molecular flexibility index (Phi) is 4.17. The van der Waals surface area contributed by atoms with Crippen LogP contribution in [0.1, 0.15) is 12.5 Å². The third-order valence-electron chi connectivity index (χ3n) is 3.19. The number of fused-ring (bicyclic) bond motifs is 1. The maximum Gasteiger partial charge on any atom is 0.278 e. The Bertz CT molecular complexity index is 892. The van der Waals surface area contributed by atoms with E-state index in [9.17, 15) is 9.18 Å². The fourth-order valence-corrected chi connectivity index (χ4v) is 3.48. The second-order valence-corrected chi connectivity index (χ2v) is 5.92. The minimum atomic E-state index is -0.365. The molecule has 0 saturated carbocycles. The molecule has 0 aliphatic heterocycles. The monoisotopic (exact) mass is 338 g/mol. The molecule has 0 aliphatic rings. The van der Waals surface area contributed by atoms with Gasteiger partial charge >= 0.3 is 0 Å². The quantitative estimate of drug-likeness (QED) is 0.742. The van der Waals surface area contributed by atoms with Gasteiger partial charge in [0, 0.05) is 17.3 Å². The van der Waals surface area contributed by atoms with Crippen LogP contribution in [0.15, 0.2) is 34.5 Å². The summed E-state index contributed by atoms with van der Waals surface area (Å²) in [5, 5.41) is 1.06. The van der Waals surface area contributed by atoms with Crippen LogP contribution in [-0.4, -0.2) is 19.5 Å². The molecular formula is C14H12ClFN4OS. The van der Waals surface area contributed by atoms with Gasteiger partial charge in [-0.05, 0) is 24.6 Å². The number of nitrogens with one attached hydrogen (secondary N) is 1. The van der Waals surface area contributed by atoms with E-state index in [0.717, 1.165) is 5.56 Å². The summed E-state index contributed by atoms with van der Waals surface area (Å²) in [6, 6.07) is 4.30. The van der Waals surface area contributed by atoms with Crippen LogP contribution in [0.2, 0.25) is 5.02 Å². The van der Waals surface area contributed by atoms with Crippen LogP contribution in [0.3, 0.4) is 0 Å². The molecule has 3 aromatic rings. The molecule has 0 amide bonds. The number of aromatic amines is 1. The van der Waals surface area contributed by atoms with Crippen molar-refractivity contribution in [3.8, 4) is 0 Å². The number of aryl methyl sites for hydroxylation is 1. The molecule has 3 rings (SSSR count). The Hall–Kier alpha value is -1.86. The lowest BCUT2D eigenvalue weighted by Gasteiger charge is -2.06. The summed E-state index contributed by atoms with van der Waals surface area (Å²) < 4.78 is 14.9. The van der Waals surface area contributed by atoms with Crippen molar-refractivity contribution in [2.75, 3.05) is 0 Å². The Morgan fingerprint density at radius 1 is 1.45 bits per heavy atom. The first-order valence-electron chi connectivity index (χ1n) is 6.60. The van der Waals surface area contributed by atoms with Gasteiger partial charge < -0.3 is 9.55 Å². The molecule has 2 heterocycles. The third-order valence-corrected chi connectivity index (χ3v) is 4.57. The summed E-state index contributed by atoms with van der Waals surface area (Å²) in [5.74, 6) is 0.163. The average molecular weight is 339 g/mol. The molecule has 0 fully saturated rings. The predicted octanol–water partition coefficient (Wildman–Crippen LogP) is 3.22. The molecule has 8 heteroatoms. The van der Waals surface area contributed by atoms with E-state index in [-0.39, 0.29) is 11.4 Å². The van der Waals surface area contributed by atoms with Crippen molar-refractivity contribution in [3.63, 3.8) is 0 Å². The van der Waals surface area contributed by atoms with Gasteiger partial charge in [0.15, 0.2) is 16.3 Å². The molecule has 22 heavy (non-hydrogen) atoms. The van der Waals surface area contributed by atoms with E-state index in [1.807, 2.05) is 11.5 Å². The number of aromatic nitrogens is 4. The first-order valence-corrected chi connectivity index (χ1v) is 7.97. The van der Waals surface area contributed by atoms with Crippen molar-refractivity contribution in [2.45, 2.75) is 24.4 Å². The number of imidazole rings is 1. The highest BCUT2D eigenvalue weighted by Gasteiger charge is 2.14. The summed E-state index contributed by atoms with van der Waals surface area (Å²) >= 11 is 7.46. The molecule has 1 N–H and O–H groups in total. The molecule has 1 aromatic carbocycles. The SMILES string of the molecule is CCn1c(SCc2ccc(F)cc2Cl)nc2c(=O)[nH]cnc21. The predicted molar refractivity (Wildman–Crippen MR) is 84.8 cm³/mol. The summed E-state index contributed by atoms with van der Waals surface area (Å²) in [4.78, 5) is 22.8. The second-order valence-electron chi connectivity index (χ2n) is 4.57. The maximum atomic E-state index is 13.1. The number of rotatable bonds is 4. The van der Waals surface area contributed by atoms with Gasteiger partial charge in [-0.2, -0.15) is 0 Å². The lowest BCUT2D eigenvalue weighted by molar-refractivity contribution is 0.627. The second kappa shape index (κ2) is 6.10. The fourth-order valence-electron chi connectivity index (χ4n) is 2.10. The van der Waals surface area contributed by atoms with Crippen molar-refractivity contribution in [3.05, 3.63) is 51.3 Å². The van der Waals surface area contributed by atoms with Crippen molar-refractivity contribution in [1.82, 2.24) is 19.5 Å². The maximum absolute atomic E-state index is 13.1. The number of thioether (sulfide) groups is 1. The number of hydrogen-bond acceptors (Lipinski definition) is 4. The summed E-state index contributed by atoms with van der Waals surface area (Å²) in [7, 11) is 0. The van der Waals surface area contributed by atoms with Gasteiger partial charge in [0.25, 0.3) is 5.56 Å². The van der Waals surface area contributed by atoms with Crippen molar-refractivity contribution < 1.29 is 4.39 Å². The molecule has 0 spiro atoms. The lowest BCUT2D eigenvalue weighted by Crippen LogP contribution is -2.07. The number of nitrogens with zero attached hydrogens (tertiary/aromatic N) is 3. The molecule has 114 valence electrons. The van der Waals surface area contributed by atoms with Crippen LogP contribution < -0.4 is 5.56 Å². The molecule has 0 radical (unpaired) electrons. The molecule has 0 atom stereocenters. The molecule has 0 saturated heterocycles. The summed E-state index contributed by atoms with van der Waals surface area (Å²) in [5.41, 5.74) is 1.42. The number of hydrogen-bond donors (Lipinski definition) is 1. The Labute approximate surface area is 134 Å². The van der Waals surface area contributed by atoms with Gasteiger partial charge in [0.05, 0.1) is 6.33 Å². The zero-order valence-corrected chi connectivity index (χ0v) is 13.2. The molecule has 0 unspecified atom stereocenters. The van der Waals surface area contributed by atoms with E-state index in [4.69, 9.17) is 11.6 Å². The molecule has 5 nitrogen and oxygen atoms in total.